The molecule has 31 heavy (non-hydrogen) atoms. The number of hydrogen-bond donors (Lipinski definition) is 3. The van der Waals surface area contributed by atoms with Crippen molar-refractivity contribution in [3.05, 3.63) is 36.0 Å². The highest BCUT2D eigenvalue weighted by Gasteiger charge is 2.22. The van der Waals surface area contributed by atoms with E-state index in [4.69, 9.17) is 4.98 Å². The van der Waals surface area contributed by atoms with Gasteiger partial charge in [-0.1, -0.05) is 6.07 Å². The van der Waals surface area contributed by atoms with Crippen LogP contribution in [0.25, 0.3) is 33.5 Å². The van der Waals surface area contributed by atoms with E-state index >= 15 is 0 Å². The van der Waals surface area contributed by atoms with Gasteiger partial charge in [-0.25, -0.2) is 9.97 Å². The number of hydrogen-bond acceptors (Lipinski definition) is 6. The second kappa shape index (κ2) is 7.62. The Bertz CT molecular complexity index is 1210. The predicted octanol–water partition coefficient (Wildman–Crippen LogP) is 2.72. The molecule has 2 saturated heterocycles. The van der Waals surface area contributed by atoms with Gasteiger partial charge < -0.3 is 20.1 Å². The molecule has 6 rings (SSSR count). The molecule has 2 fully saturated rings. The van der Waals surface area contributed by atoms with Crippen LogP contribution in [0, 0.1) is 0 Å². The van der Waals surface area contributed by atoms with Crippen LogP contribution >= 0.6 is 0 Å². The summed E-state index contributed by atoms with van der Waals surface area (Å²) in [5.74, 6) is 2.37. The van der Waals surface area contributed by atoms with E-state index < -0.39 is 0 Å². The normalized spacial score (nSPS) is 18.9. The minimum absolute atomic E-state index is 0.608. The van der Waals surface area contributed by atoms with Crippen LogP contribution in [-0.4, -0.2) is 76.4 Å². The molecule has 3 N–H and O–H groups in total. The van der Waals surface area contributed by atoms with E-state index in [-0.39, 0.29) is 0 Å². The van der Waals surface area contributed by atoms with Crippen molar-refractivity contribution in [2.24, 2.45) is 0 Å². The SMILES string of the molecule is CN1CCN(c2nccc3[nH]c(-c4n[nH]c5ccc(C6CCNCC6)cc45)nc23)CC1. The minimum Gasteiger partial charge on any atom is -0.352 e. The molecule has 0 atom stereocenters. The highest BCUT2D eigenvalue weighted by Crippen LogP contribution is 2.33. The fraction of sp³-hybridized carbons (Fsp3) is 0.435. The first-order chi connectivity index (χ1) is 15.3. The highest BCUT2D eigenvalue weighted by molar-refractivity contribution is 5.95. The Hall–Kier alpha value is -2.97. The Kier molecular flexibility index (Phi) is 4.61. The maximum atomic E-state index is 4.98. The minimum atomic E-state index is 0.608. The summed E-state index contributed by atoms with van der Waals surface area (Å²) in [6.45, 7) is 6.20. The first-order valence-corrected chi connectivity index (χ1v) is 11.2. The quantitative estimate of drug-likeness (QED) is 0.476. The smallest absolute Gasteiger partial charge is 0.159 e. The largest absolute Gasteiger partial charge is 0.352 e. The van der Waals surface area contributed by atoms with Gasteiger partial charge in [-0.15, -0.1) is 0 Å². The molecule has 0 saturated carbocycles. The summed E-state index contributed by atoms with van der Waals surface area (Å²) in [4.78, 5) is 17.8. The molecule has 2 aliphatic rings. The van der Waals surface area contributed by atoms with Gasteiger partial charge in [0.05, 0.1) is 11.0 Å². The molecule has 4 aromatic rings. The summed E-state index contributed by atoms with van der Waals surface area (Å²) in [6.07, 6.45) is 4.24. The molecule has 2 aliphatic heterocycles. The van der Waals surface area contributed by atoms with Crippen molar-refractivity contribution in [2.45, 2.75) is 18.8 Å². The van der Waals surface area contributed by atoms with Crippen molar-refractivity contribution in [1.82, 2.24) is 35.4 Å². The molecule has 5 heterocycles. The number of pyridine rings is 1. The fourth-order valence-corrected chi connectivity index (χ4v) is 4.90. The highest BCUT2D eigenvalue weighted by atomic mass is 15.3. The number of likely N-dealkylation sites (N-methyl/N-ethyl adjacent to an activating group) is 1. The summed E-state index contributed by atoms with van der Waals surface area (Å²) in [6, 6.07) is 8.70. The van der Waals surface area contributed by atoms with E-state index in [2.05, 4.69) is 60.5 Å². The standard InChI is InChI=1S/C23H28N8/c1-30-10-12-31(13-11-30)23-21-19(6-9-25-23)26-22(27-21)20-17-14-16(2-3-18(17)28-29-20)15-4-7-24-8-5-15/h2-3,6,9,14-15,24H,4-5,7-8,10-13H2,1H3,(H,26,27)(H,28,29). The lowest BCUT2D eigenvalue weighted by Gasteiger charge is -2.33. The van der Waals surface area contributed by atoms with E-state index in [9.17, 15) is 0 Å². The van der Waals surface area contributed by atoms with Gasteiger partial charge in [0.2, 0.25) is 0 Å². The van der Waals surface area contributed by atoms with Gasteiger partial charge >= 0.3 is 0 Å². The number of piperazine rings is 1. The Balaban J connectivity index is 1.40. The van der Waals surface area contributed by atoms with Crippen molar-refractivity contribution in [3.8, 4) is 11.5 Å². The van der Waals surface area contributed by atoms with Gasteiger partial charge in [0.1, 0.15) is 11.2 Å². The van der Waals surface area contributed by atoms with Gasteiger partial charge in [-0.2, -0.15) is 5.10 Å². The van der Waals surface area contributed by atoms with Gasteiger partial charge in [0, 0.05) is 37.8 Å². The van der Waals surface area contributed by atoms with Crippen LogP contribution in [0.2, 0.25) is 0 Å². The Morgan fingerprint density at radius 2 is 1.84 bits per heavy atom. The number of H-pyrrole nitrogens is 2. The molecule has 160 valence electrons. The number of nitrogens with one attached hydrogen (secondary N) is 3. The first kappa shape index (κ1) is 18.8. The molecule has 0 radical (unpaired) electrons. The number of imidazole rings is 1. The van der Waals surface area contributed by atoms with Crippen molar-refractivity contribution < 1.29 is 0 Å². The van der Waals surface area contributed by atoms with E-state index in [0.29, 0.717) is 5.92 Å². The number of benzene rings is 1. The Labute approximate surface area is 181 Å². The molecule has 0 spiro atoms. The molecular weight excluding hydrogens is 388 g/mol. The van der Waals surface area contributed by atoms with Crippen LogP contribution in [0.4, 0.5) is 5.82 Å². The molecule has 0 aliphatic carbocycles. The molecule has 1 aromatic carbocycles. The average Bonchev–Trinajstić information content (AvgIpc) is 3.43. The molecule has 0 bridgehead atoms. The van der Waals surface area contributed by atoms with Crippen LogP contribution in [0.3, 0.4) is 0 Å². The van der Waals surface area contributed by atoms with Crippen LogP contribution < -0.4 is 10.2 Å². The van der Waals surface area contributed by atoms with Crippen molar-refractivity contribution in [1.29, 1.82) is 0 Å². The lowest BCUT2D eigenvalue weighted by molar-refractivity contribution is 0.312. The number of nitrogens with zero attached hydrogens (tertiary/aromatic N) is 5. The zero-order valence-corrected chi connectivity index (χ0v) is 17.9. The second-order valence-corrected chi connectivity index (χ2v) is 8.81. The number of anilines is 1. The van der Waals surface area contributed by atoms with Crippen molar-refractivity contribution in [3.63, 3.8) is 0 Å². The van der Waals surface area contributed by atoms with Crippen LogP contribution in [-0.2, 0) is 0 Å². The Morgan fingerprint density at radius 3 is 2.68 bits per heavy atom. The number of fused-ring (bicyclic) bond motifs is 2. The maximum Gasteiger partial charge on any atom is 0.159 e. The number of rotatable bonds is 3. The van der Waals surface area contributed by atoms with Crippen LogP contribution in [0.15, 0.2) is 30.5 Å². The molecule has 3 aromatic heterocycles. The van der Waals surface area contributed by atoms with E-state index in [0.717, 1.165) is 78.5 Å². The summed E-state index contributed by atoms with van der Waals surface area (Å²) in [5.41, 5.74) is 5.25. The second-order valence-electron chi connectivity index (χ2n) is 8.81. The summed E-state index contributed by atoms with van der Waals surface area (Å²) in [5, 5.41) is 12.4. The molecule has 0 unspecified atom stereocenters. The average molecular weight is 417 g/mol. The summed E-state index contributed by atoms with van der Waals surface area (Å²) < 4.78 is 0. The third kappa shape index (κ3) is 3.36. The van der Waals surface area contributed by atoms with Gasteiger partial charge in [-0.05, 0) is 62.7 Å². The number of aromatic nitrogens is 5. The third-order valence-electron chi connectivity index (χ3n) is 6.81. The predicted molar refractivity (Wildman–Crippen MR) is 124 cm³/mol. The first-order valence-electron chi connectivity index (χ1n) is 11.2. The van der Waals surface area contributed by atoms with Crippen LogP contribution in [0.1, 0.15) is 24.3 Å². The molecule has 0 amide bonds. The van der Waals surface area contributed by atoms with E-state index in [1.807, 2.05) is 12.3 Å². The fourth-order valence-electron chi connectivity index (χ4n) is 4.90. The van der Waals surface area contributed by atoms with Gasteiger partial charge in [0.15, 0.2) is 11.6 Å². The summed E-state index contributed by atoms with van der Waals surface area (Å²) in [7, 11) is 2.17. The van der Waals surface area contributed by atoms with Crippen LogP contribution in [0.5, 0.6) is 0 Å². The lowest BCUT2D eigenvalue weighted by atomic mass is 9.89. The summed E-state index contributed by atoms with van der Waals surface area (Å²) >= 11 is 0. The van der Waals surface area contributed by atoms with Gasteiger partial charge in [0.25, 0.3) is 0 Å². The Morgan fingerprint density at radius 1 is 1.00 bits per heavy atom. The number of aromatic amines is 2. The molecule has 8 nitrogen and oxygen atoms in total. The molecular formula is C23H28N8. The monoisotopic (exact) mass is 416 g/mol. The molecule has 8 heteroatoms. The van der Waals surface area contributed by atoms with Gasteiger partial charge in [-0.3, -0.25) is 5.10 Å². The van der Waals surface area contributed by atoms with E-state index in [1.54, 1.807) is 0 Å². The number of piperidine rings is 1. The zero-order valence-electron chi connectivity index (χ0n) is 17.9. The zero-order chi connectivity index (χ0) is 20.8. The van der Waals surface area contributed by atoms with Crippen molar-refractivity contribution >= 4 is 27.8 Å². The maximum absolute atomic E-state index is 4.98. The lowest BCUT2D eigenvalue weighted by Crippen LogP contribution is -2.44. The van der Waals surface area contributed by atoms with Crippen molar-refractivity contribution in [2.75, 3.05) is 51.2 Å². The van der Waals surface area contributed by atoms with E-state index in [1.165, 1.54) is 18.4 Å². The topological polar surface area (TPSA) is 88.8 Å². The third-order valence-corrected chi connectivity index (χ3v) is 6.81.